The first kappa shape index (κ1) is 20.9. The number of nitrogens with two attached hydrogens (primary N) is 1. The maximum Gasteiger partial charge on any atom is 0.236 e. The largest absolute Gasteiger partial charge is 0.342 e. The molecule has 0 aromatic heterocycles. The predicted octanol–water partition coefficient (Wildman–Crippen LogP) is 2.91. The van der Waals surface area contributed by atoms with E-state index in [4.69, 9.17) is 5.73 Å². The lowest BCUT2D eigenvalue weighted by atomic mass is 9.87. The van der Waals surface area contributed by atoms with Gasteiger partial charge in [0.05, 0.1) is 6.54 Å². The number of carbonyl (C=O) groups is 1. The van der Waals surface area contributed by atoms with Gasteiger partial charge in [-0.25, -0.2) is 0 Å². The third kappa shape index (κ3) is 6.42. The van der Waals surface area contributed by atoms with E-state index in [2.05, 4.69) is 24.0 Å². The van der Waals surface area contributed by atoms with Gasteiger partial charge in [-0.1, -0.05) is 37.3 Å². The molecule has 0 unspecified atom stereocenters. The van der Waals surface area contributed by atoms with Crippen LogP contribution >= 0.6 is 12.4 Å². The summed E-state index contributed by atoms with van der Waals surface area (Å²) in [4.78, 5) is 16.8. The Balaban J connectivity index is 0.00000288. The summed E-state index contributed by atoms with van der Waals surface area (Å²) in [6, 6.07) is 10.7. The number of hydrogen-bond donors (Lipinski definition) is 1. The molecule has 1 aliphatic rings. The molecule has 1 aromatic carbocycles. The van der Waals surface area contributed by atoms with E-state index in [9.17, 15) is 4.79 Å². The Hall–Kier alpha value is -1.10. The number of rotatable bonds is 7. The summed E-state index contributed by atoms with van der Waals surface area (Å²) in [6.07, 6.45) is 4.75. The molecule has 2 rings (SSSR count). The fraction of sp³-hybridized carbons (Fsp3) is 0.632. The van der Waals surface area contributed by atoms with Gasteiger partial charge in [0.15, 0.2) is 0 Å². The van der Waals surface area contributed by atoms with Crippen molar-refractivity contribution in [1.82, 2.24) is 9.80 Å². The molecule has 0 aliphatic heterocycles. The van der Waals surface area contributed by atoms with E-state index < -0.39 is 0 Å². The number of halogens is 1. The van der Waals surface area contributed by atoms with Gasteiger partial charge in [0.2, 0.25) is 5.91 Å². The Bertz CT molecular complexity index is 475. The molecule has 1 aliphatic carbocycles. The van der Waals surface area contributed by atoms with Gasteiger partial charge < -0.3 is 10.6 Å². The van der Waals surface area contributed by atoms with Crippen LogP contribution in [0.1, 0.15) is 38.2 Å². The average Bonchev–Trinajstić information content (AvgIpc) is 2.56. The molecule has 0 saturated heterocycles. The first-order chi connectivity index (χ1) is 11.1. The zero-order chi connectivity index (χ0) is 16.7. The van der Waals surface area contributed by atoms with E-state index in [1.807, 2.05) is 30.1 Å². The molecule has 0 atom stereocenters. The van der Waals surface area contributed by atoms with Crippen LogP contribution in [0.5, 0.6) is 0 Å². The number of benzene rings is 1. The molecule has 1 fully saturated rings. The molecule has 0 spiro atoms. The van der Waals surface area contributed by atoms with Crippen LogP contribution in [0.2, 0.25) is 0 Å². The smallest absolute Gasteiger partial charge is 0.236 e. The minimum Gasteiger partial charge on any atom is -0.342 e. The highest BCUT2D eigenvalue weighted by molar-refractivity contribution is 5.85. The van der Waals surface area contributed by atoms with Crippen molar-refractivity contribution in [3.8, 4) is 0 Å². The third-order valence-electron chi connectivity index (χ3n) is 4.98. The van der Waals surface area contributed by atoms with E-state index in [0.717, 1.165) is 31.8 Å². The molecule has 0 heterocycles. The summed E-state index contributed by atoms with van der Waals surface area (Å²) in [5.41, 5.74) is 6.95. The molecule has 1 amide bonds. The van der Waals surface area contributed by atoms with Gasteiger partial charge in [-0.3, -0.25) is 9.69 Å². The van der Waals surface area contributed by atoms with Gasteiger partial charge in [0.1, 0.15) is 0 Å². The zero-order valence-electron chi connectivity index (χ0n) is 15.0. The van der Waals surface area contributed by atoms with E-state index in [1.165, 1.54) is 18.4 Å². The van der Waals surface area contributed by atoms with Crippen molar-refractivity contribution >= 4 is 18.3 Å². The summed E-state index contributed by atoms with van der Waals surface area (Å²) < 4.78 is 0. The fourth-order valence-corrected chi connectivity index (χ4v) is 3.37. The molecule has 1 saturated carbocycles. The van der Waals surface area contributed by atoms with Crippen LogP contribution in [0.4, 0.5) is 0 Å². The zero-order valence-corrected chi connectivity index (χ0v) is 15.8. The molecule has 1 aromatic rings. The van der Waals surface area contributed by atoms with Crippen LogP contribution in [-0.2, 0) is 11.3 Å². The van der Waals surface area contributed by atoms with Crippen LogP contribution in [0.3, 0.4) is 0 Å². The molecule has 5 heteroatoms. The van der Waals surface area contributed by atoms with Crippen molar-refractivity contribution in [2.24, 2.45) is 11.7 Å². The van der Waals surface area contributed by atoms with Crippen molar-refractivity contribution in [2.75, 3.05) is 26.7 Å². The number of nitrogens with zero attached hydrogens (tertiary/aromatic N) is 2. The first-order valence-corrected chi connectivity index (χ1v) is 8.82. The second kappa shape index (κ2) is 10.7. The molecule has 4 nitrogen and oxygen atoms in total. The van der Waals surface area contributed by atoms with Gasteiger partial charge in [0, 0.05) is 32.7 Å². The van der Waals surface area contributed by atoms with Gasteiger partial charge in [-0.15, -0.1) is 12.4 Å². The fourth-order valence-electron chi connectivity index (χ4n) is 3.37. The van der Waals surface area contributed by atoms with Crippen LogP contribution in [0.25, 0.3) is 0 Å². The lowest BCUT2D eigenvalue weighted by Gasteiger charge is -2.35. The minimum absolute atomic E-state index is 0. The maximum absolute atomic E-state index is 12.6. The first-order valence-electron chi connectivity index (χ1n) is 8.82. The molecular formula is C19H32ClN3O. The molecule has 0 bridgehead atoms. The van der Waals surface area contributed by atoms with E-state index >= 15 is 0 Å². The molecule has 0 radical (unpaired) electrons. The topological polar surface area (TPSA) is 49.6 Å². The molecule has 24 heavy (non-hydrogen) atoms. The lowest BCUT2D eigenvalue weighted by molar-refractivity contribution is -0.134. The summed E-state index contributed by atoms with van der Waals surface area (Å²) in [7, 11) is 1.96. The number of hydrogen-bond acceptors (Lipinski definition) is 3. The minimum atomic E-state index is 0. The Morgan fingerprint density at radius 1 is 1.17 bits per heavy atom. The molecular weight excluding hydrogens is 322 g/mol. The van der Waals surface area contributed by atoms with Crippen LogP contribution in [0, 0.1) is 5.92 Å². The maximum atomic E-state index is 12.6. The van der Waals surface area contributed by atoms with E-state index in [1.54, 1.807) is 0 Å². The number of amides is 1. The number of likely N-dealkylation sites (N-methyl/N-ethyl adjacent to an activating group) is 1. The quantitative estimate of drug-likeness (QED) is 0.820. The Morgan fingerprint density at radius 2 is 1.79 bits per heavy atom. The third-order valence-corrected chi connectivity index (χ3v) is 4.98. The molecule has 2 N–H and O–H groups in total. The standard InChI is InChI=1S/C19H31N3O.ClH/c1-16-8-10-18(11-9-16)21(2)19(23)15-22(13-12-20)14-17-6-4-3-5-7-17;/h3-7,16,18H,8-15,20H2,1-2H3;1H. The van der Waals surface area contributed by atoms with Gasteiger partial charge >= 0.3 is 0 Å². The summed E-state index contributed by atoms with van der Waals surface area (Å²) in [5, 5.41) is 0. The number of carbonyl (C=O) groups excluding carboxylic acids is 1. The van der Waals surface area contributed by atoms with E-state index in [0.29, 0.717) is 19.1 Å². The lowest BCUT2D eigenvalue weighted by Crippen LogP contribution is -2.45. The Morgan fingerprint density at radius 3 is 2.38 bits per heavy atom. The van der Waals surface area contributed by atoms with Crippen molar-refractivity contribution in [3.05, 3.63) is 35.9 Å². The van der Waals surface area contributed by atoms with Crippen molar-refractivity contribution in [2.45, 2.75) is 45.2 Å². The van der Waals surface area contributed by atoms with Crippen molar-refractivity contribution in [1.29, 1.82) is 0 Å². The monoisotopic (exact) mass is 353 g/mol. The second-order valence-electron chi connectivity index (χ2n) is 6.90. The summed E-state index contributed by atoms with van der Waals surface area (Å²) in [5.74, 6) is 1.02. The normalized spacial score (nSPS) is 20.5. The van der Waals surface area contributed by atoms with Crippen LogP contribution in [-0.4, -0.2) is 48.4 Å². The average molecular weight is 354 g/mol. The Kier molecular flexibility index (Phi) is 9.34. The van der Waals surface area contributed by atoms with Crippen molar-refractivity contribution < 1.29 is 4.79 Å². The second-order valence-corrected chi connectivity index (χ2v) is 6.90. The molecule has 136 valence electrons. The van der Waals surface area contributed by atoms with Gasteiger partial charge in [0.25, 0.3) is 0 Å². The highest BCUT2D eigenvalue weighted by Gasteiger charge is 2.25. The van der Waals surface area contributed by atoms with Gasteiger partial charge in [-0.05, 0) is 37.2 Å². The highest BCUT2D eigenvalue weighted by Crippen LogP contribution is 2.26. The summed E-state index contributed by atoms with van der Waals surface area (Å²) in [6.45, 7) is 4.86. The summed E-state index contributed by atoms with van der Waals surface area (Å²) >= 11 is 0. The van der Waals surface area contributed by atoms with E-state index in [-0.39, 0.29) is 18.3 Å². The van der Waals surface area contributed by atoms with Crippen molar-refractivity contribution in [3.63, 3.8) is 0 Å². The SMILES string of the molecule is CC1CCC(N(C)C(=O)CN(CCN)Cc2ccccc2)CC1.Cl. The predicted molar refractivity (Wildman–Crippen MR) is 102 cm³/mol. The van der Waals surface area contributed by atoms with Gasteiger partial charge in [-0.2, -0.15) is 0 Å². The highest BCUT2D eigenvalue weighted by atomic mass is 35.5. The Labute approximate surface area is 152 Å². The van der Waals surface area contributed by atoms with Crippen LogP contribution < -0.4 is 5.73 Å². The van der Waals surface area contributed by atoms with Crippen LogP contribution in [0.15, 0.2) is 30.3 Å².